The molecular weight excluding hydrogens is 573 g/mol. The molecule has 0 rings (SSSR count). The van der Waals surface area contributed by atoms with Gasteiger partial charge in [-0.3, -0.25) is 9.59 Å². The fraction of sp³-hybridized carbons (Fsp3) is 0.900. The summed E-state index contributed by atoms with van der Waals surface area (Å²) in [5, 5.41) is 0. The smallest absolute Gasteiger partial charge is 0.189 e. The zero-order chi connectivity index (χ0) is 33.4. The van der Waals surface area contributed by atoms with Gasteiger partial charge in [0.25, 0.3) is 0 Å². The van der Waals surface area contributed by atoms with E-state index in [1.807, 2.05) is 0 Å². The molecule has 0 fully saturated rings. The zero-order valence-electron chi connectivity index (χ0n) is 31.3. The minimum absolute atomic E-state index is 0.0283. The number of allylic oxidation sites excluding steroid dienone is 2. The Morgan fingerprint density at radius 2 is 1.00 bits per heavy atom. The van der Waals surface area contributed by atoms with E-state index in [0.717, 1.165) is 43.1 Å². The highest BCUT2D eigenvalue weighted by molar-refractivity contribution is 7.53. The summed E-state index contributed by atoms with van der Waals surface area (Å²) in [5.74, 6) is -0.338. The highest BCUT2D eigenvalue weighted by atomic mass is 31.1. The lowest BCUT2D eigenvalue weighted by atomic mass is 9.87. The number of hydrogen-bond donors (Lipinski definition) is 0. The molecule has 4 nitrogen and oxygen atoms in total. The molecule has 45 heavy (non-hydrogen) atoms. The summed E-state index contributed by atoms with van der Waals surface area (Å²) in [5.41, 5.74) is 0.0283. The predicted molar refractivity (Wildman–Crippen MR) is 200 cm³/mol. The topological polar surface area (TPSA) is 43.4 Å². The van der Waals surface area contributed by atoms with Crippen LogP contribution in [-0.2, 0) is 14.1 Å². The minimum Gasteiger partial charge on any atom is -0.349 e. The molecule has 0 spiro atoms. The van der Waals surface area contributed by atoms with Gasteiger partial charge in [-0.1, -0.05) is 161 Å². The summed E-state index contributed by atoms with van der Waals surface area (Å²) >= 11 is 0. The zero-order valence-corrected chi connectivity index (χ0v) is 32.3. The lowest BCUT2D eigenvalue weighted by Gasteiger charge is -2.23. The van der Waals surface area contributed by atoms with Crippen molar-refractivity contribution in [3.8, 4) is 0 Å². The van der Waals surface area contributed by atoms with Crippen LogP contribution in [0.3, 0.4) is 0 Å². The van der Waals surface area contributed by atoms with E-state index in [1.54, 1.807) is 0 Å². The van der Waals surface area contributed by atoms with Gasteiger partial charge in [-0.15, -0.1) is 0 Å². The van der Waals surface area contributed by atoms with E-state index >= 15 is 0 Å². The third kappa shape index (κ3) is 30.5. The average molecular weight is 653 g/mol. The van der Waals surface area contributed by atoms with Gasteiger partial charge in [-0.2, -0.15) is 0 Å². The van der Waals surface area contributed by atoms with Gasteiger partial charge in [-0.05, 0) is 38.5 Å². The van der Waals surface area contributed by atoms with Crippen LogP contribution < -0.4 is 0 Å². The second-order valence-electron chi connectivity index (χ2n) is 14.9. The number of nitrogens with zero attached hydrogens (tertiary/aromatic N) is 1. The fourth-order valence-electron chi connectivity index (χ4n) is 5.93. The summed E-state index contributed by atoms with van der Waals surface area (Å²) in [6.45, 7) is 8.03. The standard InChI is InChI=1S/C40H79NO3P/c1-7-9-11-13-15-17-19-21-22-24-26-28-30-32-34-38(40(43)45-44-36-35-41(4,5)6)39(42)37(3)33-31-29-27-25-23-20-18-16-14-12-10-8-2/h21-22,37-38,45H,7-20,23-36H2,1-6H3/q+1. The Balaban J connectivity index is 4.36. The lowest BCUT2D eigenvalue weighted by Crippen LogP contribution is -2.37. The van der Waals surface area contributed by atoms with E-state index in [1.165, 1.54) is 128 Å². The highest BCUT2D eigenvalue weighted by Crippen LogP contribution is 2.28. The molecule has 0 N–H and O–H groups in total. The first-order valence-electron chi connectivity index (χ1n) is 19.6. The van der Waals surface area contributed by atoms with E-state index < -0.39 is 5.92 Å². The molecule has 0 aromatic carbocycles. The molecule has 0 heterocycles. The Morgan fingerprint density at radius 3 is 1.44 bits per heavy atom. The van der Waals surface area contributed by atoms with Crippen LogP contribution in [0.15, 0.2) is 12.2 Å². The molecule has 0 aliphatic rings. The Bertz CT molecular complexity index is 702. The van der Waals surface area contributed by atoms with E-state index in [9.17, 15) is 9.59 Å². The molecule has 0 saturated carbocycles. The van der Waals surface area contributed by atoms with Crippen LogP contribution >= 0.6 is 8.81 Å². The van der Waals surface area contributed by atoms with Gasteiger partial charge in [0.05, 0.1) is 35.9 Å². The third-order valence-corrected chi connectivity index (χ3v) is 10.1. The van der Waals surface area contributed by atoms with Crippen molar-refractivity contribution in [3.63, 3.8) is 0 Å². The van der Waals surface area contributed by atoms with Gasteiger partial charge in [0.2, 0.25) is 0 Å². The molecule has 0 radical (unpaired) electrons. The Kier molecular flexibility index (Phi) is 31.6. The first-order valence-corrected chi connectivity index (χ1v) is 20.5. The maximum absolute atomic E-state index is 13.5. The molecule has 5 heteroatoms. The molecule has 0 aromatic rings. The van der Waals surface area contributed by atoms with Crippen LogP contribution in [0.5, 0.6) is 0 Å². The molecule has 0 aromatic heterocycles. The quantitative estimate of drug-likeness (QED) is 0.0225. The van der Waals surface area contributed by atoms with E-state index in [-0.39, 0.29) is 26.0 Å². The largest absolute Gasteiger partial charge is 0.349 e. The molecule has 3 unspecified atom stereocenters. The van der Waals surface area contributed by atoms with Gasteiger partial charge >= 0.3 is 0 Å². The van der Waals surface area contributed by atoms with Gasteiger partial charge in [0.1, 0.15) is 18.9 Å². The summed E-state index contributed by atoms with van der Waals surface area (Å²) in [6.07, 6.45) is 37.2. The number of likely N-dealkylation sites (N-methyl/N-ethyl adjacent to an activating group) is 1. The fourth-order valence-corrected chi connectivity index (χ4v) is 6.70. The number of hydrogen-bond acceptors (Lipinski definition) is 3. The summed E-state index contributed by atoms with van der Waals surface area (Å²) < 4.78 is 6.60. The number of quaternary nitrogens is 1. The number of unbranched alkanes of at least 4 members (excludes halogenated alkanes) is 21. The highest BCUT2D eigenvalue weighted by Gasteiger charge is 2.29. The van der Waals surface area contributed by atoms with Crippen molar-refractivity contribution in [2.45, 2.75) is 188 Å². The van der Waals surface area contributed by atoms with Crippen molar-refractivity contribution in [1.82, 2.24) is 0 Å². The lowest BCUT2D eigenvalue weighted by molar-refractivity contribution is -0.870. The van der Waals surface area contributed by atoms with Crippen LogP contribution in [0.2, 0.25) is 0 Å². The molecular formula is C40H79NO3P+. The number of Topliss-reactive ketones (excluding diaryl/α,β-unsaturated/α-hetero) is 1. The summed E-state index contributed by atoms with van der Waals surface area (Å²) in [4.78, 5) is 26.7. The van der Waals surface area contributed by atoms with Crippen molar-refractivity contribution in [3.05, 3.63) is 12.2 Å². The summed E-state index contributed by atoms with van der Waals surface area (Å²) in [7, 11) is 6.18. The molecule has 0 amide bonds. The maximum Gasteiger partial charge on any atom is 0.189 e. The van der Waals surface area contributed by atoms with Crippen molar-refractivity contribution < 1.29 is 18.6 Å². The normalized spacial score (nSPS) is 13.7. The van der Waals surface area contributed by atoms with Crippen molar-refractivity contribution in [1.29, 1.82) is 0 Å². The van der Waals surface area contributed by atoms with Crippen LogP contribution in [-0.4, -0.2) is 50.1 Å². The molecule has 266 valence electrons. The molecule has 0 saturated heterocycles. The van der Waals surface area contributed by atoms with Crippen molar-refractivity contribution in [2.24, 2.45) is 11.8 Å². The average Bonchev–Trinajstić information content (AvgIpc) is 3.00. The SMILES string of the molecule is CCCCCCCCC=CCCCCCCC(C(=O)POCC[N+](C)(C)C)C(=O)C(C)CCCCCCCCCCCCCC. The Hall–Kier alpha value is -0.570. The minimum atomic E-state index is -0.475. The van der Waals surface area contributed by atoms with Crippen LogP contribution in [0.4, 0.5) is 0 Å². The Labute approximate surface area is 284 Å². The second-order valence-corrected chi connectivity index (χ2v) is 15.9. The first kappa shape index (κ1) is 44.4. The number of carbonyl (C=O) groups is 2. The molecule has 3 atom stereocenters. The molecule has 0 aliphatic carbocycles. The molecule has 0 aliphatic heterocycles. The van der Waals surface area contributed by atoms with Crippen LogP contribution in [0.1, 0.15) is 188 Å². The van der Waals surface area contributed by atoms with Crippen molar-refractivity contribution >= 4 is 20.1 Å². The van der Waals surface area contributed by atoms with Crippen LogP contribution in [0, 0.1) is 11.8 Å². The van der Waals surface area contributed by atoms with E-state index in [0.29, 0.717) is 13.0 Å². The van der Waals surface area contributed by atoms with Gasteiger partial charge in [0.15, 0.2) is 5.52 Å². The van der Waals surface area contributed by atoms with Gasteiger partial charge < -0.3 is 9.01 Å². The van der Waals surface area contributed by atoms with Gasteiger partial charge in [-0.25, -0.2) is 0 Å². The predicted octanol–water partition coefficient (Wildman–Crippen LogP) is 12.4. The van der Waals surface area contributed by atoms with Gasteiger partial charge in [0, 0.05) is 5.92 Å². The first-order chi connectivity index (χ1) is 21.7. The summed E-state index contributed by atoms with van der Waals surface area (Å²) in [6, 6.07) is 0. The Morgan fingerprint density at radius 1 is 0.600 bits per heavy atom. The maximum atomic E-state index is 13.5. The third-order valence-electron chi connectivity index (χ3n) is 9.18. The van der Waals surface area contributed by atoms with Crippen molar-refractivity contribution in [2.75, 3.05) is 34.3 Å². The monoisotopic (exact) mass is 653 g/mol. The van der Waals surface area contributed by atoms with E-state index in [4.69, 9.17) is 4.52 Å². The second kappa shape index (κ2) is 32.0. The number of ketones is 1. The molecule has 0 bridgehead atoms. The van der Waals surface area contributed by atoms with E-state index in [2.05, 4.69) is 54.1 Å². The number of carbonyl (C=O) groups excluding carboxylic acids is 2. The number of rotatable bonds is 35. The van der Waals surface area contributed by atoms with Crippen LogP contribution in [0.25, 0.3) is 0 Å².